The highest BCUT2D eigenvalue weighted by atomic mass is 35.5. The average molecular weight is 290 g/mol. The zero-order chi connectivity index (χ0) is 14.4. The summed E-state index contributed by atoms with van der Waals surface area (Å²) in [6.45, 7) is 0.439. The molecule has 0 radical (unpaired) electrons. The van der Waals surface area contributed by atoms with Gasteiger partial charge in [-0.3, -0.25) is 0 Å². The van der Waals surface area contributed by atoms with E-state index in [0.29, 0.717) is 17.5 Å². The monoisotopic (exact) mass is 289 g/mol. The van der Waals surface area contributed by atoms with Gasteiger partial charge in [0.25, 0.3) is 0 Å². The lowest BCUT2D eigenvalue weighted by Crippen LogP contribution is -2.22. The van der Waals surface area contributed by atoms with Crippen molar-refractivity contribution in [3.05, 3.63) is 59.1 Å². The number of hydrogen-bond acceptors (Lipinski definition) is 2. The van der Waals surface area contributed by atoms with Crippen LogP contribution in [-0.2, 0) is 6.54 Å². The van der Waals surface area contributed by atoms with Crippen LogP contribution in [-0.4, -0.2) is 13.1 Å². The largest absolute Gasteiger partial charge is 0.497 e. The predicted molar refractivity (Wildman–Crippen MR) is 83.4 cm³/mol. The van der Waals surface area contributed by atoms with E-state index in [4.69, 9.17) is 22.1 Å². The molecule has 104 valence electrons. The van der Waals surface area contributed by atoms with Crippen molar-refractivity contribution in [2.75, 3.05) is 12.4 Å². The van der Waals surface area contributed by atoms with Gasteiger partial charge in [-0.05, 0) is 35.9 Å². The van der Waals surface area contributed by atoms with Gasteiger partial charge in [0.1, 0.15) is 5.75 Å². The van der Waals surface area contributed by atoms with E-state index in [0.717, 1.165) is 17.0 Å². The molecule has 0 aliphatic heterocycles. The summed E-state index contributed by atoms with van der Waals surface area (Å²) in [6, 6.07) is 15.0. The van der Waals surface area contributed by atoms with Crippen molar-refractivity contribution >= 4 is 23.2 Å². The Kier molecular flexibility index (Phi) is 4.85. The SMILES string of the molecule is COc1ccc(NC(N)=NCc2ccccc2Cl)cc1. The molecule has 0 amide bonds. The molecule has 0 heterocycles. The first-order valence-electron chi connectivity index (χ1n) is 6.13. The Morgan fingerprint density at radius 2 is 1.90 bits per heavy atom. The van der Waals surface area contributed by atoms with E-state index in [1.807, 2.05) is 48.5 Å². The van der Waals surface area contributed by atoms with Gasteiger partial charge in [-0.2, -0.15) is 0 Å². The van der Waals surface area contributed by atoms with Gasteiger partial charge < -0.3 is 15.8 Å². The number of anilines is 1. The molecule has 2 aromatic rings. The summed E-state index contributed by atoms with van der Waals surface area (Å²) in [5.41, 5.74) is 7.63. The Labute approximate surface area is 123 Å². The number of aliphatic imine (C=N–C) groups is 1. The van der Waals surface area contributed by atoms with Crippen molar-refractivity contribution in [3.63, 3.8) is 0 Å². The summed E-state index contributed by atoms with van der Waals surface area (Å²) in [7, 11) is 1.63. The van der Waals surface area contributed by atoms with Crippen LogP contribution in [0, 0.1) is 0 Å². The quantitative estimate of drug-likeness (QED) is 0.671. The number of nitrogens with one attached hydrogen (secondary N) is 1. The summed E-state index contributed by atoms with van der Waals surface area (Å²) in [6.07, 6.45) is 0. The molecular formula is C15H16ClN3O. The van der Waals surface area contributed by atoms with Gasteiger partial charge in [0, 0.05) is 10.7 Å². The van der Waals surface area contributed by atoms with Gasteiger partial charge in [-0.15, -0.1) is 0 Å². The first-order chi connectivity index (χ1) is 9.69. The van der Waals surface area contributed by atoms with Crippen molar-refractivity contribution in [1.29, 1.82) is 0 Å². The number of nitrogens with zero attached hydrogens (tertiary/aromatic N) is 1. The van der Waals surface area contributed by atoms with Crippen LogP contribution in [0.1, 0.15) is 5.56 Å². The van der Waals surface area contributed by atoms with Gasteiger partial charge in [0.2, 0.25) is 0 Å². The molecule has 3 N–H and O–H groups in total. The van der Waals surface area contributed by atoms with Crippen molar-refractivity contribution in [2.24, 2.45) is 10.7 Å². The molecular weight excluding hydrogens is 274 g/mol. The van der Waals surface area contributed by atoms with E-state index >= 15 is 0 Å². The molecule has 0 saturated carbocycles. The maximum atomic E-state index is 6.06. The van der Waals surface area contributed by atoms with E-state index in [9.17, 15) is 0 Å². The van der Waals surface area contributed by atoms with Crippen LogP contribution < -0.4 is 15.8 Å². The summed E-state index contributed by atoms with van der Waals surface area (Å²) in [5, 5.41) is 3.70. The van der Waals surface area contributed by atoms with Crippen LogP contribution in [0.4, 0.5) is 5.69 Å². The second-order valence-corrected chi connectivity index (χ2v) is 4.55. The molecule has 20 heavy (non-hydrogen) atoms. The fourth-order valence-corrected chi connectivity index (χ4v) is 1.85. The van der Waals surface area contributed by atoms with E-state index < -0.39 is 0 Å². The lowest BCUT2D eigenvalue weighted by atomic mass is 10.2. The Balaban J connectivity index is 1.98. The number of rotatable bonds is 4. The Bertz CT molecular complexity index is 596. The number of halogens is 1. The number of methoxy groups -OCH3 is 1. The number of nitrogens with two attached hydrogens (primary N) is 1. The lowest BCUT2D eigenvalue weighted by Gasteiger charge is -2.07. The predicted octanol–water partition coefficient (Wildman–Crippen LogP) is 3.28. The minimum Gasteiger partial charge on any atom is -0.497 e. The topological polar surface area (TPSA) is 59.6 Å². The van der Waals surface area contributed by atoms with Crippen molar-refractivity contribution in [2.45, 2.75) is 6.54 Å². The molecule has 5 heteroatoms. The molecule has 2 aromatic carbocycles. The minimum absolute atomic E-state index is 0.343. The molecule has 4 nitrogen and oxygen atoms in total. The average Bonchev–Trinajstić information content (AvgIpc) is 2.47. The number of hydrogen-bond donors (Lipinski definition) is 2. The molecule has 0 fully saturated rings. The van der Waals surface area contributed by atoms with Crippen LogP contribution in [0.2, 0.25) is 5.02 Å². The van der Waals surface area contributed by atoms with Gasteiger partial charge in [-0.1, -0.05) is 29.8 Å². The van der Waals surface area contributed by atoms with E-state index in [1.54, 1.807) is 7.11 Å². The molecule has 0 bridgehead atoms. The third-order valence-electron chi connectivity index (χ3n) is 2.74. The second kappa shape index (κ2) is 6.82. The maximum Gasteiger partial charge on any atom is 0.193 e. The second-order valence-electron chi connectivity index (χ2n) is 4.15. The Hall–Kier alpha value is -2.20. The van der Waals surface area contributed by atoms with Crippen LogP contribution in [0.5, 0.6) is 5.75 Å². The summed E-state index contributed by atoms with van der Waals surface area (Å²) < 4.78 is 5.09. The highest BCUT2D eigenvalue weighted by Crippen LogP contribution is 2.16. The van der Waals surface area contributed by atoms with Gasteiger partial charge in [0.15, 0.2) is 5.96 Å². The van der Waals surface area contributed by atoms with Crippen LogP contribution in [0.3, 0.4) is 0 Å². The first-order valence-corrected chi connectivity index (χ1v) is 6.51. The molecule has 0 spiro atoms. The van der Waals surface area contributed by atoms with E-state index in [2.05, 4.69) is 10.3 Å². The third-order valence-corrected chi connectivity index (χ3v) is 3.11. The van der Waals surface area contributed by atoms with E-state index in [-0.39, 0.29) is 0 Å². The number of guanidine groups is 1. The van der Waals surface area contributed by atoms with Crippen molar-refractivity contribution < 1.29 is 4.74 Å². The summed E-state index contributed by atoms with van der Waals surface area (Å²) in [5.74, 6) is 1.14. The number of benzene rings is 2. The maximum absolute atomic E-state index is 6.06. The molecule has 2 rings (SSSR count). The molecule has 0 aliphatic carbocycles. The molecule has 0 unspecified atom stereocenters. The van der Waals surface area contributed by atoms with Crippen LogP contribution in [0.15, 0.2) is 53.5 Å². The zero-order valence-corrected chi connectivity index (χ0v) is 11.9. The summed E-state index contributed by atoms with van der Waals surface area (Å²) >= 11 is 6.06. The lowest BCUT2D eigenvalue weighted by molar-refractivity contribution is 0.415. The molecule has 0 atom stereocenters. The Morgan fingerprint density at radius 1 is 1.20 bits per heavy atom. The van der Waals surface area contributed by atoms with E-state index in [1.165, 1.54) is 0 Å². The standard InChI is InChI=1S/C15H16ClN3O/c1-20-13-8-6-12(7-9-13)19-15(17)18-10-11-4-2-3-5-14(11)16/h2-9H,10H2,1H3,(H3,17,18,19). The highest BCUT2D eigenvalue weighted by Gasteiger charge is 1.99. The smallest absolute Gasteiger partial charge is 0.193 e. The first kappa shape index (κ1) is 14.2. The third kappa shape index (κ3) is 3.90. The number of ether oxygens (including phenoxy) is 1. The van der Waals surface area contributed by atoms with Crippen molar-refractivity contribution in [3.8, 4) is 5.75 Å². The van der Waals surface area contributed by atoms with Crippen LogP contribution >= 0.6 is 11.6 Å². The van der Waals surface area contributed by atoms with Gasteiger partial charge >= 0.3 is 0 Å². The van der Waals surface area contributed by atoms with Crippen LogP contribution in [0.25, 0.3) is 0 Å². The van der Waals surface area contributed by atoms with Crippen molar-refractivity contribution in [1.82, 2.24) is 0 Å². The minimum atomic E-state index is 0.343. The fraction of sp³-hybridized carbons (Fsp3) is 0.133. The fourth-order valence-electron chi connectivity index (χ4n) is 1.66. The highest BCUT2D eigenvalue weighted by molar-refractivity contribution is 6.31. The van der Waals surface area contributed by atoms with Gasteiger partial charge in [0.05, 0.1) is 13.7 Å². The molecule has 0 aromatic heterocycles. The Morgan fingerprint density at radius 3 is 2.55 bits per heavy atom. The molecule has 0 aliphatic rings. The normalized spacial score (nSPS) is 11.2. The van der Waals surface area contributed by atoms with Gasteiger partial charge in [-0.25, -0.2) is 4.99 Å². The molecule has 0 saturated heterocycles. The summed E-state index contributed by atoms with van der Waals surface area (Å²) in [4.78, 5) is 4.26. The zero-order valence-electron chi connectivity index (χ0n) is 11.1.